The highest BCUT2D eigenvalue weighted by atomic mass is 16.8. The highest BCUT2D eigenvalue weighted by molar-refractivity contribution is 5.78. The quantitative estimate of drug-likeness (QED) is 0.270. The van der Waals surface area contributed by atoms with Gasteiger partial charge in [-0.15, -0.1) is 0 Å². The van der Waals surface area contributed by atoms with Gasteiger partial charge in [-0.2, -0.15) is 0 Å². The topological polar surface area (TPSA) is 98.3 Å². The molecule has 2 aliphatic heterocycles. The van der Waals surface area contributed by atoms with Gasteiger partial charge in [-0.25, -0.2) is 19.9 Å². The second kappa shape index (κ2) is 10.3. The maximum Gasteiger partial charge on any atom is 0.164 e. The lowest BCUT2D eigenvalue weighted by Crippen LogP contribution is -2.27. The normalized spacial score (nSPS) is 30.2. The first kappa shape index (κ1) is 28.3. The van der Waals surface area contributed by atoms with Crippen LogP contribution in [0.5, 0.6) is 0 Å². The molecule has 0 unspecified atom stereocenters. The monoisotopic (exact) mass is 584 g/mol. The number of rotatable bonds is 4. The molecule has 4 aliphatic rings. The molecule has 4 aromatic rings. The van der Waals surface area contributed by atoms with E-state index in [0.717, 1.165) is 40.6 Å². The van der Waals surface area contributed by atoms with Crippen LogP contribution in [-0.4, -0.2) is 65.1 Å². The number of aromatic nitrogens is 6. The molecule has 10 heteroatoms. The molecule has 226 valence electrons. The summed E-state index contributed by atoms with van der Waals surface area (Å²) >= 11 is 0. The van der Waals surface area contributed by atoms with Gasteiger partial charge in [-0.05, 0) is 70.7 Å². The van der Waals surface area contributed by atoms with E-state index in [0.29, 0.717) is 0 Å². The Morgan fingerprint density at radius 3 is 1.88 bits per heavy atom. The van der Waals surface area contributed by atoms with E-state index in [1.165, 1.54) is 11.1 Å². The van der Waals surface area contributed by atoms with E-state index >= 15 is 0 Å². The number of nitrogens with zero attached hydrogens (tertiary/aromatic N) is 6. The smallest absolute Gasteiger partial charge is 0.164 e. The molecule has 0 N–H and O–H groups in total. The molecule has 4 aromatic heterocycles. The first-order valence-electron chi connectivity index (χ1n) is 15.3. The number of fused-ring (bicyclic) bond motifs is 4. The Morgan fingerprint density at radius 2 is 1.28 bits per heavy atom. The Balaban J connectivity index is 0.000000140. The SMILES string of the molecule is CCC1=C[C@@H](n2ccc3c(C)ncnc32)[C@@H]2OC(C)(C)O[C@H]12.CCC1=C[C@@H](n2ccc3cncnc32)[C@@H]2OC(C)(C)O[C@H]12. The number of hydrogen-bond acceptors (Lipinski definition) is 8. The summed E-state index contributed by atoms with van der Waals surface area (Å²) < 4.78 is 28.9. The van der Waals surface area contributed by atoms with Gasteiger partial charge in [0, 0.05) is 29.4 Å². The summed E-state index contributed by atoms with van der Waals surface area (Å²) in [5.74, 6) is -1.06. The van der Waals surface area contributed by atoms with Gasteiger partial charge < -0.3 is 28.1 Å². The van der Waals surface area contributed by atoms with Gasteiger partial charge >= 0.3 is 0 Å². The Morgan fingerprint density at radius 1 is 0.721 bits per heavy atom. The molecule has 2 fully saturated rings. The highest BCUT2D eigenvalue weighted by Crippen LogP contribution is 2.46. The zero-order valence-electron chi connectivity index (χ0n) is 25.9. The van der Waals surface area contributed by atoms with Crippen LogP contribution in [0.4, 0.5) is 0 Å². The maximum absolute atomic E-state index is 6.18. The van der Waals surface area contributed by atoms with Crippen LogP contribution < -0.4 is 0 Å². The molecule has 43 heavy (non-hydrogen) atoms. The largest absolute Gasteiger partial charge is 0.342 e. The van der Waals surface area contributed by atoms with Crippen molar-refractivity contribution in [3.63, 3.8) is 0 Å². The van der Waals surface area contributed by atoms with Crippen LogP contribution in [0.15, 0.2) is 66.7 Å². The van der Waals surface area contributed by atoms with Crippen molar-refractivity contribution >= 4 is 22.1 Å². The van der Waals surface area contributed by atoms with Crippen molar-refractivity contribution < 1.29 is 18.9 Å². The number of ether oxygens (including phenoxy) is 4. The van der Waals surface area contributed by atoms with E-state index in [1.807, 2.05) is 46.9 Å². The average molecular weight is 585 g/mol. The lowest BCUT2D eigenvalue weighted by Gasteiger charge is -2.22. The lowest BCUT2D eigenvalue weighted by molar-refractivity contribution is -0.148. The summed E-state index contributed by atoms with van der Waals surface area (Å²) in [7, 11) is 0. The molecule has 2 saturated heterocycles. The summed E-state index contributed by atoms with van der Waals surface area (Å²) in [6, 6.07) is 4.37. The fourth-order valence-corrected chi connectivity index (χ4v) is 7.06. The van der Waals surface area contributed by atoms with Gasteiger partial charge in [0.25, 0.3) is 0 Å². The fourth-order valence-electron chi connectivity index (χ4n) is 7.06. The second-order valence-electron chi connectivity index (χ2n) is 12.7. The van der Waals surface area contributed by atoms with Gasteiger partial charge in [-0.1, -0.05) is 26.0 Å². The molecule has 6 heterocycles. The van der Waals surface area contributed by atoms with Crippen molar-refractivity contribution in [1.29, 1.82) is 0 Å². The molecular formula is C33H40N6O4. The van der Waals surface area contributed by atoms with Crippen molar-refractivity contribution in [2.45, 2.75) is 109 Å². The average Bonchev–Trinajstić information content (AvgIpc) is 3.80. The van der Waals surface area contributed by atoms with Crippen molar-refractivity contribution in [1.82, 2.24) is 29.1 Å². The molecule has 8 rings (SSSR count). The number of aryl methyl sites for hydroxylation is 1. The summed E-state index contributed by atoms with van der Waals surface area (Å²) in [6.45, 7) is 14.3. The van der Waals surface area contributed by atoms with Gasteiger partial charge in [0.05, 0.1) is 17.8 Å². The van der Waals surface area contributed by atoms with Crippen LogP contribution in [0, 0.1) is 6.92 Å². The molecule has 0 aromatic carbocycles. The zero-order valence-corrected chi connectivity index (χ0v) is 25.9. The third-order valence-electron chi connectivity index (χ3n) is 8.98. The van der Waals surface area contributed by atoms with E-state index in [2.05, 4.69) is 73.5 Å². The van der Waals surface area contributed by atoms with E-state index in [1.54, 1.807) is 12.7 Å². The lowest BCUT2D eigenvalue weighted by atomic mass is 10.1. The Hall–Kier alpha value is -3.44. The minimum Gasteiger partial charge on any atom is -0.342 e. The van der Waals surface area contributed by atoms with Crippen molar-refractivity contribution in [3.8, 4) is 0 Å². The third kappa shape index (κ3) is 4.81. The van der Waals surface area contributed by atoms with Gasteiger partial charge in [0.15, 0.2) is 11.6 Å². The minimum absolute atomic E-state index is 0.0100. The molecule has 6 atom stereocenters. The van der Waals surface area contributed by atoms with Crippen LogP contribution in [0.1, 0.15) is 72.2 Å². The van der Waals surface area contributed by atoms with Gasteiger partial charge in [0.2, 0.25) is 0 Å². The molecule has 10 nitrogen and oxygen atoms in total. The zero-order chi connectivity index (χ0) is 30.1. The molecule has 0 bridgehead atoms. The van der Waals surface area contributed by atoms with Crippen molar-refractivity contribution in [2.75, 3.05) is 0 Å². The molecule has 0 spiro atoms. The Kier molecular flexibility index (Phi) is 6.81. The van der Waals surface area contributed by atoms with E-state index in [9.17, 15) is 0 Å². The van der Waals surface area contributed by atoms with E-state index < -0.39 is 11.6 Å². The Bertz CT molecular complexity index is 1740. The van der Waals surface area contributed by atoms with Crippen molar-refractivity contribution in [3.05, 3.63) is 72.4 Å². The van der Waals surface area contributed by atoms with E-state index in [4.69, 9.17) is 18.9 Å². The maximum atomic E-state index is 6.18. The first-order chi connectivity index (χ1) is 20.6. The Labute approximate surface area is 251 Å². The van der Waals surface area contributed by atoms with Gasteiger partial charge in [-0.3, -0.25) is 0 Å². The van der Waals surface area contributed by atoms with Crippen LogP contribution in [-0.2, 0) is 18.9 Å². The minimum atomic E-state index is -0.532. The van der Waals surface area contributed by atoms with Crippen molar-refractivity contribution in [2.24, 2.45) is 0 Å². The second-order valence-corrected chi connectivity index (χ2v) is 12.7. The molecule has 0 amide bonds. The summed E-state index contributed by atoms with van der Waals surface area (Å²) in [5, 5.41) is 2.14. The van der Waals surface area contributed by atoms with Crippen LogP contribution in [0.25, 0.3) is 22.1 Å². The fraction of sp³-hybridized carbons (Fsp3) is 0.515. The highest BCUT2D eigenvalue weighted by Gasteiger charge is 2.51. The van der Waals surface area contributed by atoms with Crippen LogP contribution in [0.3, 0.4) is 0 Å². The predicted octanol–water partition coefficient (Wildman–Crippen LogP) is 5.99. The first-order valence-corrected chi connectivity index (χ1v) is 15.3. The summed E-state index contributed by atoms with van der Waals surface area (Å²) in [6.07, 6.45) is 15.8. The van der Waals surface area contributed by atoms with Crippen LogP contribution >= 0.6 is 0 Å². The molecule has 0 saturated carbocycles. The molecular weight excluding hydrogens is 544 g/mol. The summed E-state index contributed by atoms with van der Waals surface area (Å²) in [4.78, 5) is 17.2. The standard InChI is InChI=1S/C17H21N3O2.C16H19N3O2/c1-5-11-8-13(15-14(11)21-17(3,4)22-15)20-7-6-12-10(2)18-9-19-16(12)20;1-4-10-7-12(14-13(10)20-16(2,3)21-14)19-6-5-11-8-17-9-18-15(11)19/h6-9,13-15H,5H2,1-4H3;5-9,12-14H,4H2,1-3H3/t13-,14-,15+;12-,13-,14+/m11/s1. The summed E-state index contributed by atoms with van der Waals surface area (Å²) in [5.41, 5.74) is 5.52. The number of hydrogen-bond donors (Lipinski definition) is 0. The third-order valence-corrected chi connectivity index (χ3v) is 8.98. The molecule has 2 aliphatic carbocycles. The van der Waals surface area contributed by atoms with E-state index in [-0.39, 0.29) is 36.5 Å². The van der Waals surface area contributed by atoms with Gasteiger partial charge in [0.1, 0.15) is 48.4 Å². The van der Waals surface area contributed by atoms with Crippen LogP contribution in [0.2, 0.25) is 0 Å². The molecule has 0 radical (unpaired) electrons. The predicted molar refractivity (Wildman–Crippen MR) is 162 cm³/mol.